The monoisotopic (exact) mass is 474 g/mol. The average Bonchev–Trinajstić information content (AvgIpc) is 3.11. The molecule has 0 bridgehead atoms. The van der Waals surface area contributed by atoms with Crippen molar-refractivity contribution in [2.75, 3.05) is 37.7 Å². The molecule has 2 fully saturated rings. The highest BCUT2D eigenvalue weighted by Crippen LogP contribution is 2.31. The molecule has 29 heavy (non-hydrogen) atoms. The molecule has 0 N–H and O–H groups in total. The smallest absolute Gasteiger partial charge is 0.410 e. The van der Waals surface area contributed by atoms with Crippen LogP contribution in [-0.2, 0) is 11.2 Å². The molecule has 2 aromatic rings. The predicted molar refractivity (Wildman–Crippen MR) is 122 cm³/mol. The lowest BCUT2D eigenvalue weighted by atomic mass is 10.0. The predicted octanol–water partition coefficient (Wildman–Crippen LogP) is 4.99. The average molecular weight is 475 g/mol. The van der Waals surface area contributed by atoms with Crippen molar-refractivity contribution in [3.05, 3.63) is 70.2 Å². The quantitative estimate of drug-likeness (QED) is 0.565. The lowest BCUT2D eigenvalue weighted by Gasteiger charge is -2.31. The number of rotatable bonds is 7. The molecule has 0 saturated carbocycles. The van der Waals surface area contributed by atoms with Gasteiger partial charge in [-0.05, 0) is 23.6 Å². The number of benzene rings is 2. The first-order chi connectivity index (χ1) is 14.2. The number of halogens is 1. The van der Waals surface area contributed by atoms with Crippen LogP contribution in [0.5, 0.6) is 0 Å². The summed E-state index contributed by atoms with van der Waals surface area (Å²) < 4.78 is 6.84. The van der Waals surface area contributed by atoms with E-state index in [1.807, 2.05) is 40.9 Å². The Hall–Kier alpha value is -1.50. The van der Waals surface area contributed by atoms with Crippen molar-refractivity contribution in [3.8, 4) is 0 Å². The van der Waals surface area contributed by atoms with Gasteiger partial charge in [0, 0.05) is 42.0 Å². The van der Waals surface area contributed by atoms with E-state index < -0.39 is 0 Å². The van der Waals surface area contributed by atoms with Gasteiger partial charge < -0.3 is 9.64 Å². The molecule has 2 heterocycles. The van der Waals surface area contributed by atoms with Gasteiger partial charge >= 0.3 is 6.09 Å². The van der Waals surface area contributed by atoms with Crippen LogP contribution in [0.15, 0.2) is 59.1 Å². The van der Waals surface area contributed by atoms with Gasteiger partial charge in [-0.1, -0.05) is 64.5 Å². The van der Waals surface area contributed by atoms with E-state index in [9.17, 15) is 4.79 Å². The Kier molecular flexibility index (Phi) is 7.16. The number of amides is 1. The van der Waals surface area contributed by atoms with Crippen LogP contribution in [0.2, 0.25) is 0 Å². The molecule has 4 nitrogen and oxygen atoms in total. The third-order valence-electron chi connectivity index (χ3n) is 5.69. The van der Waals surface area contributed by atoms with Crippen molar-refractivity contribution in [1.82, 2.24) is 9.80 Å². The molecular formula is C23H27BrN2O2S. The Morgan fingerprint density at radius 1 is 1.07 bits per heavy atom. The Morgan fingerprint density at radius 2 is 1.79 bits per heavy atom. The molecule has 6 heteroatoms. The van der Waals surface area contributed by atoms with Crippen LogP contribution in [0.4, 0.5) is 4.79 Å². The minimum atomic E-state index is -0.190. The molecule has 2 aliphatic heterocycles. The van der Waals surface area contributed by atoms with Crippen LogP contribution in [-0.4, -0.2) is 59.7 Å². The fourth-order valence-electron chi connectivity index (χ4n) is 4.12. The molecular weight excluding hydrogens is 448 g/mol. The maximum Gasteiger partial charge on any atom is 0.410 e. The zero-order chi connectivity index (χ0) is 20.1. The van der Waals surface area contributed by atoms with E-state index in [0.717, 1.165) is 36.9 Å². The number of hydrogen-bond acceptors (Lipinski definition) is 4. The zero-order valence-corrected chi connectivity index (χ0v) is 18.9. The normalized spacial score (nSPS) is 21.2. The van der Waals surface area contributed by atoms with Crippen molar-refractivity contribution in [3.63, 3.8) is 0 Å². The van der Waals surface area contributed by atoms with Gasteiger partial charge in [-0.15, -0.1) is 0 Å². The summed E-state index contributed by atoms with van der Waals surface area (Å²) in [5, 5.41) is 0. The van der Waals surface area contributed by atoms with Crippen LogP contribution < -0.4 is 0 Å². The highest BCUT2D eigenvalue weighted by atomic mass is 79.9. The van der Waals surface area contributed by atoms with Crippen molar-refractivity contribution >= 4 is 33.8 Å². The van der Waals surface area contributed by atoms with Gasteiger partial charge in [-0.25, -0.2) is 4.79 Å². The third kappa shape index (κ3) is 5.36. The van der Waals surface area contributed by atoms with Crippen LogP contribution in [0, 0.1) is 0 Å². The first-order valence-corrected chi connectivity index (χ1v) is 12.2. The first kappa shape index (κ1) is 20.8. The summed E-state index contributed by atoms with van der Waals surface area (Å²) in [4.78, 5) is 17.3. The van der Waals surface area contributed by atoms with Gasteiger partial charge in [0.2, 0.25) is 0 Å². The minimum absolute atomic E-state index is 0.0579. The van der Waals surface area contributed by atoms with E-state index in [4.69, 9.17) is 4.74 Å². The second-order valence-electron chi connectivity index (χ2n) is 7.62. The molecule has 2 atom stereocenters. The molecule has 2 aliphatic rings. The lowest BCUT2D eigenvalue weighted by molar-refractivity contribution is 0.125. The molecule has 2 aromatic carbocycles. The standard InChI is InChI=1S/C23H27BrN2O2S/c24-21-9-5-4-8-19(21)16-20-17-26(23(27)28-20)22(18-6-2-1-3-7-18)10-11-25-12-14-29-15-13-25/h1-9,20,22H,10-17H2. The zero-order valence-electron chi connectivity index (χ0n) is 16.5. The van der Waals surface area contributed by atoms with E-state index in [-0.39, 0.29) is 18.2 Å². The number of nitrogens with zero attached hydrogens (tertiary/aromatic N) is 2. The summed E-state index contributed by atoms with van der Waals surface area (Å²) >= 11 is 5.63. The van der Waals surface area contributed by atoms with Gasteiger partial charge in [0.15, 0.2) is 0 Å². The Bertz CT molecular complexity index is 814. The van der Waals surface area contributed by atoms with Gasteiger partial charge in [0.1, 0.15) is 6.10 Å². The molecule has 2 unspecified atom stereocenters. The van der Waals surface area contributed by atoms with Crippen LogP contribution in [0.3, 0.4) is 0 Å². The Morgan fingerprint density at radius 3 is 2.55 bits per heavy atom. The van der Waals surface area contributed by atoms with Gasteiger partial charge in [-0.2, -0.15) is 11.8 Å². The molecule has 4 rings (SSSR count). The molecule has 154 valence electrons. The fraction of sp³-hybridized carbons (Fsp3) is 0.435. The fourth-order valence-corrected chi connectivity index (χ4v) is 5.54. The molecule has 2 saturated heterocycles. The maximum atomic E-state index is 12.8. The van der Waals surface area contributed by atoms with Gasteiger partial charge in [0.05, 0.1) is 12.6 Å². The van der Waals surface area contributed by atoms with E-state index >= 15 is 0 Å². The molecule has 0 aliphatic carbocycles. The van der Waals surface area contributed by atoms with Crippen molar-refractivity contribution in [2.45, 2.75) is 25.0 Å². The van der Waals surface area contributed by atoms with Crippen molar-refractivity contribution in [1.29, 1.82) is 0 Å². The Balaban J connectivity index is 1.46. The summed E-state index contributed by atoms with van der Waals surface area (Å²) in [6, 6.07) is 18.6. The number of cyclic esters (lactones) is 1. The highest BCUT2D eigenvalue weighted by Gasteiger charge is 2.37. The summed E-state index contributed by atoms with van der Waals surface area (Å²) in [5.74, 6) is 2.41. The second kappa shape index (κ2) is 10.0. The van der Waals surface area contributed by atoms with Crippen LogP contribution in [0.25, 0.3) is 0 Å². The number of thioether (sulfide) groups is 1. The topological polar surface area (TPSA) is 32.8 Å². The lowest BCUT2D eigenvalue weighted by Crippen LogP contribution is -2.37. The summed E-state index contributed by atoms with van der Waals surface area (Å²) in [6.07, 6.45) is 1.36. The second-order valence-corrected chi connectivity index (χ2v) is 9.70. The van der Waals surface area contributed by atoms with E-state index in [1.54, 1.807) is 0 Å². The van der Waals surface area contributed by atoms with Crippen LogP contribution >= 0.6 is 27.7 Å². The SMILES string of the molecule is O=C1OC(Cc2ccccc2Br)CN1C(CCN1CCSCC1)c1ccccc1. The van der Waals surface area contributed by atoms with Crippen LogP contribution in [0.1, 0.15) is 23.6 Å². The maximum absolute atomic E-state index is 12.8. The third-order valence-corrected chi connectivity index (χ3v) is 7.41. The highest BCUT2D eigenvalue weighted by molar-refractivity contribution is 9.10. The largest absolute Gasteiger partial charge is 0.444 e. The molecule has 0 aromatic heterocycles. The molecule has 0 spiro atoms. The summed E-state index contributed by atoms with van der Waals surface area (Å²) in [6.45, 7) is 3.93. The van der Waals surface area contributed by atoms with Crippen molar-refractivity contribution < 1.29 is 9.53 Å². The molecule has 1 amide bonds. The van der Waals surface area contributed by atoms with E-state index in [1.165, 1.54) is 22.6 Å². The summed E-state index contributed by atoms with van der Waals surface area (Å²) in [5.41, 5.74) is 2.37. The number of hydrogen-bond donors (Lipinski definition) is 0. The number of ether oxygens (including phenoxy) is 1. The Labute approximate surface area is 185 Å². The minimum Gasteiger partial charge on any atom is -0.444 e. The number of carbonyl (C=O) groups is 1. The van der Waals surface area contributed by atoms with Gasteiger partial charge in [-0.3, -0.25) is 4.90 Å². The summed E-state index contributed by atoms with van der Waals surface area (Å²) in [7, 11) is 0. The number of carbonyl (C=O) groups excluding carboxylic acids is 1. The van der Waals surface area contributed by atoms with Gasteiger partial charge in [0.25, 0.3) is 0 Å². The first-order valence-electron chi connectivity index (χ1n) is 10.3. The van der Waals surface area contributed by atoms with Crippen molar-refractivity contribution in [2.24, 2.45) is 0 Å². The van der Waals surface area contributed by atoms with E-state index in [2.05, 4.69) is 51.2 Å². The molecule has 0 radical (unpaired) electrons. The van der Waals surface area contributed by atoms with E-state index in [0.29, 0.717) is 6.54 Å².